The molecule has 0 fully saturated rings. The van der Waals surface area contributed by atoms with Gasteiger partial charge in [-0.05, 0) is 43.4 Å². The Labute approximate surface area is 152 Å². The van der Waals surface area contributed by atoms with E-state index >= 15 is 0 Å². The zero-order chi connectivity index (χ0) is 18.6. The molecule has 0 saturated carbocycles. The van der Waals surface area contributed by atoms with Crippen LogP contribution in [0.4, 0.5) is 5.69 Å². The molecule has 1 aromatic heterocycles. The molecular formula is C19H25N3O2S. The fraction of sp³-hybridized carbons (Fsp3) is 0.421. The first kappa shape index (κ1) is 19.2. The van der Waals surface area contributed by atoms with Crippen LogP contribution in [-0.4, -0.2) is 21.1 Å². The Morgan fingerprint density at radius 2 is 2.04 bits per heavy atom. The SMILES string of the molecule is CCC(Sc1nc(C(C)C)cc(=O)[nH]1)C(=O)Nc1cccc(C)c1C. The number of hydrogen-bond acceptors (Lipinski definition) is 4. The minimum atomic E-state index is -0.328. The summed E-state index contributed by atoms with van der Waals surface area (Å²) in [5, 5.41) is 3.15. The van der Waals surface area contributed by atoms with E-state index in [-0.39, 0.29) is 22.6 Å². The second-order valence-electron chi connectivity index (χ2n) is 6.38. The minimum Gasteiger partial charge on any atom is -0.325 e. The molecule has 2 rings (SSSR count). The Morgan fingerprint density at radius 3 is 2.68 bits per heavy atom. The molecule has 0 saturated heterocycles. The topological polar surface area (TPSA) is 74.8 Å². The van der Waals surface area contributed by atoms with Crippen molar-refractivity contribution < 1.29 is 4.79 Å². The number of benzene rings is 1. The van der Waals surface area contributed by atoms with E-state index in [0.717, 1.165) is 22.5 Å². The summed E-state index contributed by atoms with van der Waals surface area (Å²) in [7, 11) is 0. The Bertz CT molecular complexity index is 815. The fourth-order valence-corrected chi connectivity index (χ4v) is 3.28. The van der Waals surface area contributed by atoms with E-state index in [2.05, 4.69) is 15.3 Å². The summed E-state index contributed by atoms with van der Waals surface area (Å²) in [5.41, 5.74) is 3.56. The van der Waals surface area contributed by atoms with E-state index in [4.69, 9.17) is 0 Å². The zero-order valence-electron chi connectivity index (χ0n) is 15.3. The van der Waals surface area contributed by atoms with E-state index in [1.54, 1.807) is 0 Å². The third-order valence-electron chi connectivity index (χ3n) is 4.11. The van der Waals surface area contributed by atoms with E-state index in [9.17, 15) is 9.59 Å². The number of rotatable bonds is 6. The van der Waals surface area contributed by atoms with Crippen LogP contribution in [0.3, 0.4) is 0 Å². The highest BCUT2D eigenvalue weighted by Crippen LogP contribution is 2.25. The summed E-state index contributed by atoms with van der Waals surface area (Å²) >= 11 is 1.29. The molecule has 134 valence electrons. The van der Waals surface area contributed by atoms with Crippen LogP contribution in [-0.2, 0) is 4.79 Å². The first-order chi connectivity index (χ1) is 11.8. The van der Waals surface area contributed by atoms with Gasteiger partial charge >= 0.3 is 0 Å². The van der Waals surface area contributed by atoms with Crippen molar-refractivity contribution in [1.29, 1.82) is 0 Å². The normalized spacial score (nSPS) is 12.2. The van der Waals surface area contributed by atoms with Crippen LogP contribution in [0.2, 0.25) is 0 Å². The summed E-state index contributed by atoms with van der Waals surface area (Å²) in [6, 6.07) is 7.35. The van der Waals surface area contributed by atoms with Crippen molar-refractivity contribution in [2.45, 2.75) is 57.4 Å². The van der Waals surface area contributed by atoms with Crippen LogP contribution in [0.25, 0.3) is 0 Å². The molecule has 25 heavy (non-hydrogen) atoms. The Balaban J connectivity index is 2.18. The number of nitrogens with one attached hydrogen (secondary N) is 2. The quantitative estimate of drug-likeness (QED) is 0.603. The van der Waals surface area contributed by atoms with Gasteiger partial charge in [0.1, 0.15) is 0 Å². The second kappa shape index (κ2) is 8.34. The molecule has 2 aromatic rings. The molecule has 2 N–H and O–H groups in total. The van der Waals surface area contributed by atoms with Gasteiger partial charge in [0.15, 0.2) is 5.16 Å². The highest BCUT2D eigenvalue weighted by molar-refractivity contribution is 8.00. The number of carbonyl (C=O) groups excluding carboxylic acids is 1. The largest absolute Gasteiger partial charge is 0.325 e. The number of aromatic amines is 1. The van der Waals surface area contributed by atoms with Crippen LogP contribution >= 0.6 is 11.8 Å². The van der Waals surface area contributed by atoms with Gasteiger partial charge in [-0.2, -0.15) is 0 Å². The van der Waals surface area contributed by atoms with Crippen LogP contribution < -0.4 is 10.9 Å². The van der Waals surface area contributed by atoms with Gasteiger partial charge < -0.3 is 10.3 Å². The minimum absolute atomic E-state index is 0.0844. The van der Waals surface area contributed by atoms with Crippen LogP contribution in [0.1, 0.15) is 49.9 Å². The van der Waals surface area contributed by atoms with Gasteiger partial charge in [-0.25, -0.2) is 4.98 Å². The molecule has 1 unspecified atom stereocenters. The smallest absolute Gasteiger partial charge is 0.251 e. The highest BCUT2D eigenvalue weighted by atomic mass is 32.2. The summed E-state index contributed by atoms with van der Waals surface area (Å²) in [5.74, 6) is 0.0734. The van der Waals surface area contributed by atoms with Gasteiger partial charge in [0, 0.05) is 11.8 Å². The number of nitrogens with zero attached hydrogens (tertiary/aromatic N) is 1. The van der Waals surface area contributed by atoms with Crippen LogP contribution in [0, 0.1) is 13.8 Å². The van der Waals surface area contributed by atoms with Crippen molar-refractivity contribution in [1.82, 2.24) is 9.97 Å². The average molecular weight is 359 g/mol. The van der Waals surface area contributed by atoms with Gasteiger partial charge in [0.05, 0.1) is 10.9 Å². The molecular weight excluding hydrogens is 334 g/mol. The van der Waals surface area contributed by atoms with Gasteiger partial charge in [-0.1, -0.05) is 44.7 Å². The first-order valence-corrected chi connectivity index (χ1v) is 9.34. The average Bonchev–Trinajstić information content (AvgIpc) is 2.56. The molecule has 0 bridgehead atoms. The van der Waals surface area contributed by atoms with Crippen LogP contribution in [0.15, 0.2) is 34.2 Å². The van der Waals surface area contributed by atoms with Crippen molar-refractivity contribution in [3.8, 4) is 0 Å². The molecule has 1 aromatic carbocycles. The maximum atomic E-state index is 12.7. The van der Waals surface area contributed by atoms with E-state index < -0.39 is 0 Å². The van der Waals surface area contributed by atoms with Crippen molar-refractivity contribution in [3.63, 3.8) is 0 Å². The lowest BCUT2D eigenvalue weighted by Crippen LogP contribution is -2.26. The number of hydrogen-bond donors (Lipinski definition) is 2. The molecule has 0 spiro atoms. The van der Waals surface area contributed by atoms with Gasteiger partial charge in [-0.15, -0.1) is 0 Å². The maximum absolute atomic E-state index is 12.7. The van der Waals surface area contributed by atoms with Crippen LogP contribution in [0.5, 0.6) is 0 Å². The number of thioether (sulfide) groups is 1. The number of carbonyl (C=O) groups is 1. The molecule has 5 nitrogen and oxygen atoms in total. The van der Waals surface area contributed by atoms with E-state index in [1.165, 1.54) is 17.8 Å². The Morgan fingerprint density at radius 1 is 1.32 bits per heavy atom. The standard InChI is InChI=1S/C19H25N3O2S/c1-6-16(18(24)20-14-9-7-8-12(4)13(14)5)25-19-21-15(11(2)3)10-17(23)22-19/h7-11,16H,6H2,1-5H3,(H,20,24)(H,21,22,23). The van der Waals surface area contributed by atoms with E-state index in [0.29, 0.717) is 11.6 Å². The Kier molecular flexibility index (Phi) is 6.42. The summed E-state index contributed by atoms with van der Waals surface area (Å²) in [6.07, 6.45) is 0.636. The molecule has 1 atom stereocenters. The third-order valence-corrected chi connectivity index (χ3v) is 5.36. The summed E-state index contributed by atoms with van der Waals surface area (Å²) < 4.78 is 0. The molecule has 6 heteroatoms. The lowest BCUT2D eigenvalue weighted by atomic mass is 10.1. The predicted octanol–water partition coefficient (Wildman–Crippen LogP) is 4.02. The molecule has 1 heterocycles. The van der Waals surface area contributed by atoms with Crippen molar-refractivity contribution >= 4 is 23.4 Å². The lowest BCUT2D eigenvalue weighted by molar-refractivity contribution is -0.115. The van der Waals surface area contributed by atoms with E-state index in [1.807, 2.05) is 52.8 Å². The van der Waals surface area contributed by atoms with Crippen molar-refractivity contribution in [2.75, 3.05) is 5.32 Å². The van der Waals surface area contributed by atoms with Crippen molar-refractivity contribution in [2.24, 2.45) is 0 Å². The fourth-order valence-electron chi connectivity index (χ4n) is 2.36. The molecule has 0 aliphatic heterocycles. The summed E-state index contributed by atoms with van der Waals surface area (Å²) in [4.78, 5) is 31.7. The van der Waals surface area contributed by atoms with Gasteiger partial charge in [0.25, 0.3) is 5.56 Å². The zero-order valence-corrected chi connectivity index (χ0v) is 16.2. The molecule has 0 radical (unpaired) electrons. The Hall–Kier alpha value is -2.08. The summed E-state index contributed by atoms with van der Waals surface area (Å²) in [6.45, 7) is 9.93. The number of H-pyrrole nitrogens is 1. The number of amides is 1. The van der Waals surface area contributed by atoms with Gasteiger partial charge in [0.2, 0.25) is 5.91 Å². The maximum Gasteiger partial charge on any atom is 0.251 e. The second-order valence-corrected chi connectivity index (χ2v) is 7.57. The molecule has 1 amide bonds. The van der Waals surface area contributed by atoms with Crippen molar-refractivity contribution in [3.05, 3.63) is 51.4 Å². The lowest BCUT2D eigenvalue weighted by Gasteiger charge is -2.16. The van der Waals surface area contributed by atoms with Gasteiger partial charge in [-0.3, -0.25) is 9.59 Å². The monoisotopic (exact) mass is 359 g/mol. The first-order valence-electron chi connectivity index (χ1n) is 8.46. The number of anilines is 1. The molecule has 0 aliphatic rings. The number of aromatic nitrogens is 2. The molecule has 0 aliphatic carbocycles. The highest BCUT2D eigenvalue weighted by Gasteiger charge is 2.20. The predicted molar refractivity (Wildman–Crippen MR) is 103 cm³/mol. The number of aryl methyl sites for hydroxylation is 1. The third kappa shape index (κ3) is 4.95.